The molecule has 1 amide bonds. The van der Waals surface area contributed by atoms with E-state index < -0.39 is 12.1 Å². The number of nitrogens with zero attached hydrogens (tertiary/aromatic N) is 2. The number of aryl methyl sites for hydroxylation is 1. The van der Waals surface area contributed by atoms with Crippen LogP contribution < -0.4 is 5.73 Å². The summed E-state index contributed by atoms with van der Waals surface area (Å²) in [6.07, 6.45) is 0. The zero-order valence-electron chi connectivity index (χ0n) is 13.5. The molecule has 2 aliphatic heterocycles. The van der Waals surface area contributed by atoms with Gasteiger partial charge in [-0.1, -0.05) is 65.3 Å². The van der Waals surface area contributed by atoms with Gasteiger partial charge in [-0.15, -0.1) is 0 Å². The van der Waals surface area contributed by atoms with E-state index in [9.17, 15) is 4.79 Å². The molecule has 2 heterocycles. The fourth-order valence-corrected chi connectivity index (χ4v) is 4.02. The molecule has 0 spiro atoms. The van der Waals surface area contributed by atoms with Crippen LogP contribution in [0.4, 0.5) is 0 Å². The summed E-state index contributed by atoms with van der Waals surface area (Å²) in [5, 5.41) is 3.27. The number of hydrogen-bond acceptors (Lipinski definition) is 4. The number of fused-ring (bicyclic) bond motifs is 1. The van der Waals surface area contributed by atoms with Crippen LogP contribution >= 0.6 is 23.4 Å². The van der Waals surface area contributed by atoms with E-state index in [0.29, 0.717) is 10.2 Å². The lowest BCUT2D eigenvalue weighted by atomic mass is 9.97. The predicted octanol–water partition coefficient (Wildman–Crippen LogP) is 3.96. The molecule has 2 N–H and O–H groups in total. The number of nitrogens with two attached hydrogens (primary N) is 1. The molecule has 0 radical (unpaired) electrons. The standard InChI is InChI=1S/C19H16ClN3OS/c1-11-2-4-12(5-3-11)15-10-25-19-22-17(16(21)18(24)23(15)19)13-6-8-14(20)9-7-13/h2-10,16-17H,21H2,1H3/t16-,17+/m0/s1. The highest BCUT2D eigenvalue weighted by Gasteiger charge is 2.41. The summed E-state index contributed by atoms with van der Waals surface area (Å²) in [7, 11) is 0. The first kappa shape index (κ1) is 16.4. The van der Waals surface area contributed by atoms with Gasteiger partial charge in [0, 0.05) is 10.4 Å². The zero-order valence-corrected chi connectivity index (χ0v) is 15.1. The van der Waals surface area contributed by atoms with Crippen molar-refractivity contribution in [3.63, 3.8) is 0 Å². The maximum Gasteiger partial charge on any atom is 0.252 e. The number of benzene rings is 2. The number of thioether (sulfide) groups is 1. The van der Waals surface area contributed by atoms with Gasteiger partial charge in [0.1, 0.15) is 12.1 Å². The van der Waals surface area contributed by atoms with Gasteiger partial charge in [-0.3, -0.25) is 14.7 Å². The van der Waals surface area contributed by atoms with E-state index in [1.165, 1.54) is 17.3 Å². The number of halogens is 1. The summed E-state index contributed by atoms with van der Waals surface area (Å²) in [6.45, 7) is 2.03. The van der Waals surface area contributed by atoms with Gasteiger partial charge in [0.05, 0.1) is 5.70 Å². The topological polar surface area (TPSA) is 58.7 Å². The molecule has 126 valence electrons. The summed E-state index contributed by atoms with van der Waals surface area (Å²) < 4.78 is 0. The molecule has 2 aromatic carbocycles. The van der Waals surface area contributed by atoms with Crippen molar-refractivity contribution in [1.29, 1.82) is 0 Å². The van der Waals surface area contributed by atoms with Gasteiger partial charge in [-0.05, 0) is 30.2 Å². The Kier molecular flexibility index (Phi) is 4.15. The second-order valence-electron chi connectivity index (χ2n) is 6.09. The average Bonchev–Trinajstić information content (AvgIpc) is 3.04. The molecule has 0 aromatic heterocycles. The number of aliphatic imine (C=N–C) groups is 1. The summed E-state index contributed by atoms with van der Waals surface area (Å²) in [4.78, 5) is 19.3. The number of carbonyl (C=O) groups excluding carboxylic acids is 1. The Morgan fingerprint density at radius 1 is 1.12 bits per heavy atom. The summed E-state index contributed by atoms with van der Waals surface area (Å²) in [6, 6.07) is 14.3. The Labute approximate surface area is 155 Å². The molecule has 0 unspecified atom stereocenters. The first-order valence-electron chi connectivity index (χ1n) is 7.91. The van der Waals surface area contributed by atoms with Gasteiger partial charge in [-0.2, -0.15) is 0 Å². The van der Waals surface area contributed by atoms with Crippen molar-refractivity contribution in [2.75, 3.05) is 0 Å². The lowest BCUT2D eigenvalue weighted by Crippen LogP contribution is -2.50. The fourth-order valence-electron chi connectivity index (χ4n) is 2.96. The van der Waals surface area contributed by atoms with Gasteiger partial charge in [0.2, 0.25) is 0 Å². The first-order valence-corrected chi connectivity index (χ1v) is 9.17. The number of rotatable bonds is 2. The molecule has 0 fully saturated rings. The lowest BCUT2D eigenvalue weighted by molar-refractivity contribution is -0.127. The van der Waals surface area contributed by atoms with E-state index in [0.717, 1.165) is 16.8 Å². The van der Waals surface area contributed by atoms with E-state index in [1.807, 2.05) is 48.7 Å². The van der Waals surface area contributed by atoms with Crippen LogP contribution in [-0.2, 0) is 4.79 Å². The van der Waals surface area contributed by atoms with Crippen molar-refractivity contribution in [3.8, 4) is 0 Å². The first-order chi connectivity index (χ1) is 12.0. The van der Waals surface area contributed by atoms with E-state index in [1.54, 1.807) is 17.0 Å². The minimum atomic E-state index is -0.725. The molecule has 25 heavy (non-hydrogen) atoms. The monoisotopic (exact) mass is 369 g/mol. The minimum Gasteiger partial charge on any atom is -0.318 e. The molecule has 0 aliphatic carbocycles. The third kappa shape index (κ3) is 2.88. The van der Waals surface area contributed by atoms with Crippen LogP contribution in [-0.4, -0.2) is 22.0 Å². The number of amides is 1. The molecule has 2 aliphatic rings. The van der Waals surface area contributed by atoms with Crippen molar-refractivity contribution < 1.29 is 4.79 Å². The lowest BCUT2D eigenvalue weighted by Gasteiger charge is -2.32. The Balaban J connectivity index is 1.69. The Hall–Kier alpha value is -2.08. The predicted molar refractivity (Wildman–Crippen MR) is 103 cm³/mol. The number of hydrogen-bond donors (Lipinski definition) is 1. The molecule has 4 nitrogen and oxygen atoms in total. The molecular formula is C19H16ClN3OS. The van der Waals surface area contributed by atoms with Crippen LogP contribution in [0.1, 0.15) is 22.7 Å². The third-order valence-electron chi connectivity index (χ3n) is 4.36. The fraction of sp³-hybridized carbons (Fsp3) is 0.158. The van der Waals surface area contributed by atoms with Gasteiger partial charge in [0.15, 0.2) is 5.17 Å². The SMILES string of the molecule is Cc1ccc(C2=CSC3=N[C@H](c4ccc(Cl)cc4)[C@H](N)C(=O)N23)cc1. The largest absolute Gasteiger partial charge is 0.318 e. The highest BCUT2D eigenvalue weighted by Crippen LogP contribution is 2.39. The molecule has 4 rings (SSSR count). The summed E-state index contributed by atoms with van der Waals surface area (Å²) in [5.74, 6) is -0.137. The van der Waals surface area contributed by atoms with Crippen molar-refractivity contribution in [3.05, 3.63) is 75.7 Å². The number of amidine groups is 1. The maximum absolute atomic E-state index is 12.9. The molecule has 0 saturated carbocycles. The van der Waals surface area contributed by atoms with E-state index >= 15 is 0 Å². The van der Waals surface area contributed by atoms with Crippen LogP contribution in [0, 0.1) is 6.92 Å². The Bertz CT molecular complexity index is 890. The summed E-state index contributed by atoms with van der Waals surface area (Å²) >= 11 is 7.40. The van der Waals surface area contributed by atoms with Gasteiger partial charge < -0.3 is 5.73 Å². The van der Waals surface area contributed by atoms with Gasteiger partial charge >= 0.3 is 0 Å². The third-order valence-corrected chi connectivity index (χ3v) is 5.45. The molecule has 2 aromatic rings. The minimum absolute atomic E-state index is 0.137. The number of carbonyl (C=O) groups is 1. The Morgan fingerprint density at radius 3 is 2.48 bits per heavy atom. The van der Waals surface area contributed by atoms with Crippen molar-refractivity contribution in [1.82, 2.24) is 4.90 Å². The van der Waals surface area contributed by atoms with Gasteiger partial charge in [0.25, 0.3) is 5.91 Å². The van der Waals surface area contributed by atoms with Crippen LogP contribution in [0.15, 0.2) is 58.9 Å². The van der Waals surface area contributed by atoms with E-state index in [-0.39, 0.29) is 5.91 Å². The zero-order chi connectivity index (χ0) is 17.6. The average molecular weight is 370 g/mol. The second-order valence-corrected chi connectivity index (χ2v) is 7.37. The van der Waals surface area contributed by atoms with Crippen LogP contribution in [0.3, 0.4) is 0 Å². The van der Waals surface area contributed by atoms with Crippen LogP contribution in [0.2, 0.25) is 5.02 Å². The maximum atomic E-state index is 12.9. The van der Waals surface area contributed by atoms with Gasteiger partial charge in [-0.25, -0.2) is 0 Å². The van der Waals surface area contributed by atoms with Crippen LogP contribution in [0.5, 0.6) is 0 Å². The quantitative estimate of drug-likeness (QED) is 0.871. The smallest absolute Gasteiger partial charge is 0.252 e. The normalized spacial score (nSPS) is 22.5. The van der Waals surface area contributed by atoms with Crippen molar-refractivity contribution in [2.45, 2.75) is 19.0 Å². The molecule has 2 atom stereocenters. The Morgan fingerprint density at radius 2 is 1.80 bits per heavy atom. The molecule has 0 bridgehead atoms. The van der Waals surface area contributed by atoms with Crippen molar-refractivity contribution >= 4 is 40.1 Å². The highest BCUT2D eigenvalue weighted by molar-refractivity contribution is 8.16. The molecule has 0 saturated heterocycles. The highest BCUT2D eigenvalue weighted by atomic mass is 35.5. The van der Waals surface area contributed by atoms with E-state index in [4.69, 9.17) is 22.3 Å². The summed E-state index contributed by atoms with van der Waals surface area (Å²) in [5.41, 5.74) is 10.1. The molecule has 6 heteroatoms. The van der Waals surface area contributed by atoms with E-state index in [2.05, 4.69) is 0 Å². The molecular weight excluding hydrogens is 354 g/mol. The second kappa shape index (κ2) is 6.33. The van der Waals surface area contributed by atoms with Crippen molar-refractivity contribution in [2.24, 2.45) is 10.7 Å². The van der Waals surface area contributed by atoms with Crippen LogP contribution in [0.25, 0.3) is 5.70 Å².